The number of hydrogen-bond donors (Lipinski definition) is 1. The lowest BCUT2D eigenvalue weighted by molar-refractivity contribution is -0.146. The molecule has 6 heteroatoms. The topological polar surface area (TPSA) is 42.2 Å². The van der Waals surface area contributed by atoms with Gasteiger partial charge in [-0.05, 0) is 44.9 Å². The van der Waals surface area contributed by atoms with Crippen molar-refractivity contribution in [3.05, 3.63) is 35.5 Å². The van der Waals surface area contributed by atoms with Crippen LogP contribution in [0.25, 0.3) is 10.9 Å². The van der Waals surface area contributed by atoms with Gasteiger partial charge in [0.2, 0.25) is 0 Å². The van der Waals surface area contributed by atoms with Crippen molar-refractivity contribution in [3.63, 3.8) is 0 Å². The number of carbonyl (C=O) groups is 1. The van der Waals surface area contributed by atoms with Gasteiger partial charge < -0.3 is 9.67 Å². The molecule has 0 aliphatic rings. The first-order valence-electron chi connectivity index (χ1n) is 6.99. The van der Waals surface area contributed by atoms with E-state index in [1.165, 1.54) is 19.9 Å². The number of carboxylic acids is 1. The summed E-state index contributed by atoms with van der Waals surface area (Å²) in [5.74, 6) is -1.03. The number of benzene rings is 1. The third-order valence-electron chi connectivity index (χ3n) is 3.84. The minimum absolute atomic E-state index is 0.0406. The molecule has 0 unspecified atom stereocenters. The Bertz CT molecular complexity index is 714. The van der Waals surface area contributed by atoms with Crippen LogP contribution in [0.15, 0.2) is 24.4 Å². The first-order chi connectivity index (χ1) is 10.1. The van der Waals surface area contributed by atoms with Gasteiger partial charge in [-0.15, -0.1) is 0 Å². The molecule has 0 amide bonds. The number of fused-ring (bicyclic) bond motifs is 1. The lowest BCUT2D eigenvalue weighted by atomic mass is 9.85. The molecule has 120 valence electrons. The molecule has 0 fully saturated rings. The Hall–Kier alpha value is -1.98. The monoisotopic (exact) mass is 313 g/mol. The predicted molar refractivity (Wildman–Crippen MR) is 77.7 cm³/mol. The van der Waals surface area contributed by atoms with E-state index in [1.807, 2.05) is 6.92 Å². The molecule has 3 nitrogen and oxygen atoms in total. The van der Waals surface area contributed by atoms with Gasteiger partial charge in [0.1, 0.15) is 0 Å². The third-order valence-corrected chi connectivity index (χ3v) is 3.84. The Morgan fingerprint density at radius 3 is 2.41 bits per heavy atom. The van der Waals surface area contributed by atoms with Crippen LogP contribution in [-0.2, 0) is 23.9 Å². The smallest absolute Gasteiger partial charge is 0.417 e. The Kier molecular flexibility index (Phi) is 3.98. The highest BCUT2D eigenvalue weighted by atomic mass is 19.4. The normalized spacial score (nSPS) is 12.8. The van der Waals surface area contributed by atoms with Gasteiger partial charge >= 0.3 is 12.1 Å². The van der Waals surface area contributed by atoms with E-state index in [0.717, 1.165) is 6.07 Å². The van der Waals surface area contributed by atoms with Gasteiger partial charge in [0.05, 0.1) is 11.0 Å². The molecule has 0 atom stereocenters. The molecule has 0 aliphatic carbocycles. The van der Waals surface area contributed by atoms with Crippen molar-refractivity contribution < 1.29 is 23.1 Å². The number of hydrogen-bond acceptors (Lipinski definition) is 1. The predicted octanol–water partition coefficient (Wildman–Crippen LogP) is 4.33. The quantitative estimate of drug-likeness (QED) is 0.912. The number of carboxylic acid groups (broad SMARTS) is 1. The zero-order chi connectivity index (χ0) is 16.7. The van der Waals surface area contributed by atoms with E-state index in [2.05, 4.69) is 0 Å². The van der Waals surface area contributed by atoms with E-state index >= 15 is 0 Å². The van der Waals surface area contributed by atoms with Crippen LogP contribution >= 0.6 is 0 Å². The van der Waals surface area contributed by atoms with Crippen molar-refractivity contribution in [2.45, 2.75) is 39.9 Å². The van der Waals surface area contributed by atoms with E-state index in [0.29, 0.717) is 17.6 Å². The Labute approximate surface area is 126 Å². The van der Waals surface area contributed by atoms with Crippen molar-refractivity contribution in [3.8, 4) is 0 Å². The summed E-state index contributed by atoms with van der Waals surface area (Å²) in [5, 5.41) is 9.34. The fourth-order valence-electron chi connectivity index (χ4n) is 2.62. The number of halogens is 3. The third kappa shape index (κ3) is 2.82. The van der Waals surface area contributed by atoms with E-state index in [1.54, 1.807) is 16.8 Å². The minimum Gasteiger partial charge on any atom is -0.481 e. The highest BCUT2D eigenvalue weighted by molar-refractivity contribution is 5.88. The molecule has 2 aromatic rings. The lowest BCUT2D eigenvalue weighted by Crippen LogP contribution is -2.26. The molecule has 1 aromatic carbocycles. The number of aromatic nitrogens is 1. The largest absolute Gasteiger partial charge is 0.481 e. The van der Waals surface area contributed by atoms with E-state index < -0.39 is 23.1 Å². The highest BCUT2D eigenvalue weighted by Gasteiger charge is 2.36. The van der Waals surface area contributed by atoms with Gasteiger partial charge in [-0.3, -0.25) is 4.79 Å². The van der Waals surface area contributed by atoms with Crippen LogP contribution in [0, 0.1) is 5.41 Å². The second-order valence-electron chi connectivity index (χ2n) is 6.00. The fraction of sp³-hybridized carbons (Fsp3) is 0.438. The second-order valence-corrected chi connectivity index (χ2v) is 6.00. The van der Waals surface area contributed by atoms with Crippen molar-refractivity contribution in [2.75, 3.05) is 0 Å². The Morgan fingerprint density at radius 2 is 1.91 bits per heavy atom. The molecular weight excluding hydrogens is 295 g/mol. The first-order valence-corrected chi connectivity index (χ1v) is 6.99. The van der Waals surface area contributed by atoms with Crippen LogP contribution in [0.2, 0.25) is 0 Å². The van der Waals surface area contributed by atoms with Crippen molar-refractivity contribution in [1.29, 1.82) is 0 Å². The standard InChI is InChI=1S/C16H18F3NO2/c1-4-20-9-10(8-15(2,3)14(21)22)13-11(16(17,18)19)6-5-7-12(13)20/h5-7,9H,4,8H2,1-3H3,(H,21,22). The summed E-state index contributed by atoms with van der Waals surface area (Å²) >= 11 is 0. The molecule has 0 saturated heterocycles. The molecule has 1 N–H and O–H groups in total. The van der Waals surface area contributed by atoms with Gasteiger partial charge in [-0.2, -0.15) is 13.2 Å². The average Bonchev–Trinajstić information content (AvgIpc) is 2.75. The molecule has 0 saturated carbocycles. The van der Waals surface area contributed by atoms with Crippen molar-refractivity contribution >= 4 is 16.9 Å². The molecule has 22 heavy (non-hydrogen) atoms. The average molecular weight is 313 g/mol. The number of nitrogens with zero attached hydrogens (tertiary/aromatic N) is 1. The molecule has 2 rings (SSSR count). The van der Waals surface area contributed by atoms with Crippen molar-refractivity contribution in [2.24, 2.45) is 5.41 Å². The molecular formula is C16H18F3NO2. The van der Waals surface area contributed by atoms with E-state index in [4.69, 9.17) is 0 Å². The van der Waals surface area contributed by atoms with Gasteiger partial charge in [0.25, 0.3) is 0 Å². The summed E-state index contributed by atoms with van der Waals surface area (Å²) in [7, 11) is 0. The van der Waals surface area contributed by atoms with Crippen LogP contribution in [0.5, 0.6) is 0 Å². The summed E-state index contributed by atoms with van der Waals surface area (Å²) in [6.45, 7) is 5.39. The molecule has 0 aliphatic heterocycles. The summed E-state index contributed by atoms with van der Waals surface area (Å²) in [6, 6.07) is 4.05. The molecule has 0 radical (unpaired) electrons. The maximum atomic E-state index is 13.3. The maximum Gasteiger partial charge on any atom is 0.417 e. The SMILES string of the molecule is CCn1cc(CC(C)(C)C(=O)O)c2c(C(F)(F)F)cccc21. The Balaban J connectivity index is 2.71. The number of alkyl halides is 3. The summed E-state index contributed by atoms with van der Waals surface area (Å²) < 4.78 is 41.6. The van der Waals surface area contributed by atoms with Gasteiger partial charge in [0.15, 0.2) is 0 Å². The zero-order valence-electron chi connectivity index (χ0n) is 12.7. The number of aryl methyl sites for hydroxylation is 1. The van der Waals surface area contributed by atoms with Gasteiger partial charge in [0, 0.05) is 23.6 Å². The second kappa shape index (κ2) is 5.34. The molecule has 1 heterocycles. The summed E-state index contributed by atoms with van der Waals surface area (Å²) in [6.07, 6.45) is -2.80. The first kappa shape index (κ1) is 16.4. The zero-order valence-corrected chi connectivity index (χ0v) is 12.7. The highest BCUT2D eigenvalue weighted by Crippen LogP contribution is 2.39. The van der Waals surface area contributed by atoms with E-state index in [9.17, 15) is 23.1 Å². The molecule has 0 bridgehead atoms. The summed E-state index contributed by atoms with van der Waals surface area (Å²) in [4.78, 5) is 11.3. The van der Waals surface area contributed by atoms with Crippen LogP contribution in [0.4, 0.5) is 13.2 Å². The van der Waals surface area contributed by atoms with Crippen molar-refractivity contribution in [1.82, 2.24) is 4.57 Å². The van der Waals surface area contributed by atoms with Crippen LogP contribution in [0.1, 0.15) is 31.9 Å². The molecule has 1 aromatic heterocycles. The van der Waals surface area contributed by atoms with Crippen LogP contribution in [-0.4, -0.2) is 15.6 Å². The number of rotatable bonds is 4. The van der Waals surface area contributed by atoms with E-state index in [-0.39, 0.29) is 11.8 Å². The summed E-state index contributed by atoms with van der Waals surface area (Å²) in [5.41, 5.74) is -0.954. The van der Waals surface area contributed by atoms with Crippen LogP contribution < -0.4 is 0 Å². The maximum absolute atomic E-state index is 13.3. The fourth-order valence-corrected chi connectivity index (χ4v) is 2.62. The molecule has 0 spiro atoms. The van der Waals surface area contributed by atoms with Gasteiger partial charge in [-0.1, -0.05) is 6.07 Å². The van der Waals surface area contributed by atoms with Crippen LogP contribution in [0.3, 0.4) is 0 Å². The minimum atomic E-state index is -4.47. The van der Waals surface area contributed by atoms with Gasteiger partial charge in [-0.25, -0.2) is 0 Å². The lowest BCUT2D eigenvalue weighted by Gasteiger charge is -2.19. The Morgan fingerprint density at radius 1 is 1.27 bits per heavy atom. The number of aliphatic carboxylic acids is 1.